The van der Waals surface area contributed by atoms with Crippen LogP contribution in [0.4, 0.5) is 5.69 Å². The predicted molar refractivity (Wildman–Crippen MR) is 83.4 cm³/mol. The molecular formula is C17H19NO5. The molecule has 1 aliphatic rings. The molecule has 1 saturated carbocycles. The first-order chi connectivity index (χ1) is 11.1. The van der Waals surface area contributed by atoms with E-state index in [4.69, 9.17) is 9.47 Å². The van der Waals surface area contributed by atoms with Crippen LogP contribution >= 0.6 is 0 Å². The Morgan fingerprint density at radius 2 is 1.61 bits per heavy atom. The van der Waals surface area contributed by atoms with Gasteiger partial charge in [0, 0.05) is 0 Å². The highest BCUT2D eigenvalue weighted by Gasteiger charge is 2.47. The molecule has 0 aliphatic heterocycles. The van der Waals surface area contributed by atoms with Crippen molar-refractivity contribution >= 4 is 29.1 Å². The van der Waals surface area contributed by atoms with Gasteiger partial charge in [-0.25, -0.2) is 4.99 Å². The van der Waals surface area contributed by atoms with Crippen LogP contribution in [0.15, 0.2) is 35.3 Å². The molecule has 1 aromatic carbocycles. The Kier molecular flexibility index (Phi) is 5.62. The van der Waals surface area contributed by atoms with Crippen LogP contribution in [-0.2, 0) is 23.9 Å². The number of carbonyl (C=O) groups excluding carboxylic acids is 3. The highest BCUT2D eigenvalue weighted by molar-refractivity contribution is 6.49. The lowest BCUT2D eigenvalue weighted by Crippen LogP contribution is -2.26. The number of para-hydroxylation sites is 1. The van der Waals surface area contributed by atoms with Crippen molar-refractivity contribution < 1.29 is 23.9 Å². The molecule has 23 heavy (non-hydrogen) atoms. The van der Waals surface area contributed by atoms with E-state index in [0.29, 0.717) is 5.69 Å². The van der Waals surface area contributed by atoms with Crippen LogP contribution in [0.5, 0.6) is 0 Å². The first kappa shape index (κ1) is 16.9. The van der Waals surface area contributed by atoms with E-state index < -0.39 is 29.6 Å². The summed E-state index contributed by atoms with van der Waals surface area (Å²) in [6.45, 7) is 3.73. The molecular weight excluding hydrogens is 298 g/mol. The zero-order chi connectivity index (χ0) is 16.8. The zero-order valence-electron chi connectivity index (χ0n) is 13.2. The average Bonchev–Trinajstić information content (AvgIpc) is 2.86. The molecule has 1 aromatic rings. The normalized spacial score (nSPS) is 22.2. The van der Waals surface area contributed by atoms with Gasteiger partial charge >= 0.3 is 11.9 Å². The summed E-state index contributed by atoms with van der Waals surface area (Å²) >= 11 is 0. The van der Waals surface area contributed by atoms with Crippen molar-refractivity contribution in [2.45, 2.75) is 20.3 Å². The highest BCUT2D eigenvalue weighted by atomic mass is 16.5. The largest absolute Gasteiger partial charge is 0.465 e. The van der Waals surface area contributed by atoms with Crippen LogP contribution in [0.2, 0.25) is 0 Å². The second-order valence-electron chi connectivity index (χ2n) is 5.04. The molecule has 0 radical (unpaired) electrons. The Labute approximate surface area is 134 Å². The number of esters is 2. The number of rotatable bonds is 5. The van der Waals surface area contributed by atoms with Crippen molar-refractivity contribution in [2.75, 3.05) is 13.2 Å². The van der Waals surface area contributed by atoms with Crippen LogP contribution in [0.3, 0.4) is 0 Å². The Bertz CT molecular complexity index is 623. The fourth-order valence-corrected chi connectivity index (χ4v) is 2.48. The van der Waals surface area contributed by atoms with Crippen molar-refractivity contribution in [3.63, 3.8) is 0 Å². The standard InChI is InChI=1S/C17H19NO5/c1-3-22-16(20)12-10-13(17(21)23-4-2)15(19)14(12)18-11-8-6-5-7-9-11/h5-9,12-13H,3-4,10H2,1-2H3/t12-,13-/m0/s1. The van der Waals surface area contributed by atoms with Crippen molar-refractivity contribution in [3.05, 3.63) is 30.3 Å². The van der Waals surface area contributed by atoms with Gasteiger partial charge in [0.05, 0.1) is 24.6 Å². The molecule has 2 rings (SSSR count). The zero-order valence-corrected chi connectivity index (χ0v) is 13.2. The lowest BCUT2D eigenvalue weighted by molar-refractivity contribution is -0.150. The fraction of sp³-hybridized carbons (Fsp3) is 0.412. The summed E-state index contributed by atoms with van der Waals surface area (Å²) < 4.78 is 9.92. The molecule has 2 atom stereocenters. The molecule has 0 bridgehead atoms. The van der Waals surface area contributed by atoms with Crippen LogP contribution in [0.25, 0.3) is 0 Å². The Morgan fingerprint density at radius 3 is 2.17 bits per heavy atom. The van der Waals surface area contributed by atoms with E-state index in [1.54, 1.807) is 38.1 Å². The molecule has 0 amide bonds. The lowest BCUT2D eigenvalue weighted by atomic mass is 10.0. The summed E-state index contributed by atoms with van der Waals surface area (Å²) in [6.07, 6.45) is 0.0438. The Morgan fingerprint density at radius 1 is 1.04 bits per heavy atom. The van der Waals surface area contributed by atoms with Crippen molar-refractivity contribution in [1.82, 2.24) is 0 Å². The van der Waals surface area contributed by atoms with Gasteiger partial charge in [-0.3, -0.25) is 14.4 Å². The monoisotopic (exact) mass is 317 g/mol. The quantitative estimate of drug-likeness (QED) is 0.613. The maximum atomic E-state index is 12.5. The smallest absolute Gasteiger partial charge is 0.316 e. The van der Waals surface area contributed by atoms with Crippen molar-refractivity contribution in [1.29, 1.82) is 0 Å². The topological polar surface area (TPSA) is 82.0 Å². The molecule has 6 heteroatoms. The fourth-order valence-electron chi connectivity index (χ4n) is 2.48. The molecule has 0 heterocycles. The molecule has 0 N–H and O–H groups in total. The molecule has 0 aromatic heterocycles. The summed E-state index contributed by atoms with van der Waals surface area (Å²) in [6, 6.07) is 8.83. The lowest BCUT2D eigenvalue weighted by Gasteiger charge is -2.09. The number of hydrogen-bond donors (Lipinski definition) is 0. The van der Waals surface area contributed by atoms with Crippen molar-refractivity contribution in [3.8, 4) is 0 Å². The van der Waals surface area contributed by atoms with E-state index in [0.717, 1.165) is 0 Å². The molecule has 0 spiro atoms. The van der Waals surface area contributed by atoms with Gasteiger partial charge in [0.2, 0.25) is 0 Å². The summed E-state index contributed by atoms with van der Waals surface area (Å²) in [5, 5.41) is 0. The third-order valence-electron chi connectivity index (χ3n) is 3.52. The minimum Gasteiger partial charge on any atom is -0.465 e. The second kappa shape index (κ2) is 7.67. The van der Waals surface area contributed by atoms with Gasteiger partial charge in [-0.2, -0.15) is 0 Å². The minimum absolute atomic E-state index is 0.0438. The molecule has 122 valence electrons. The molecule has 0 unspecified atom stereocenters. The van der Waals surface area contributed by atoms with E-state index in [1.807, 2.05) is 6.07 Å². The number of aliphatic imine (C=N–C) groups is 1. The molecule has 6 nitrogen and oxygen atoms in total. The Balaban J connectivity index is 2.34. The van der Waals surface area contributed by atoms with Gasteiger partial charge in [-0.1, -0.05) is 18.2 Å². The number of hydrogen-bond acceptors (Lipinski definition) is 6. The van der Waals surface area contributed by atoms with Crippen LogP contribution in [0.1, 0.15) is 20.3 Å². The molecule has 1 fully saturated rings. The molecule has 0 saturated heterocycles. The number of carbonyl (C=O) groups is 3. The Hall–Kier alpha value is -2.50. The SMILES string of the molecule is CCOC(=O)[C@H]1C[C@H](C(=O)OCC)C(=Nc2ccccc2)C1=O. The van der Waals surface area contributed by atoms with E-state index in [9.17, 15) is 14.4 Å². The third kappa shape index (κ3) is 3.83. The first-order valence-corrected chi connectivity index (χ1v) is 7.59. The van der Waals surface area contributed by atoms with E-state index in [-0.39, 0.29) is 25.3 Å². The van der Waals surface area contributed by atoms with Gasteiger partial charge in [-0.05, 0) is 32.4 Å². The summed E-state index contributed by atoms with van der Waals surface area (Å²) in [5.74, 6) is -3.46. The van der Waals surface area contributed by atoms with Gasteiger partial charge in [0.25, 0.3) is 0 Å². The van der Waals surface area contributed by atoms with E-state index >= 15 is 0 Å². The van der Waals surface area contributed by atoms with Gasteiger partial charge in [-0.15, -0.1) is 0 Å². The van der Waals surface area contributed by atoms with E-state index in [1.165, 1.54) is 0 Å². The first-order valence-electron chi connectivity index (χ1n) is 7.59. The number of Topliss-reactive ketones (excluding diaryl/α,β-unsaturated/α-hetero) is 1. The summed E-state index contributed by atoms with van der Waals surface area (Å²) in [7, 11) is 0. The number of nitrogens with zero attached hydrogens (tertiary/aromatic N) is 1. The maximum Gasteiger partial charge on any atom is 0.316 e. The number of ketones is 1. The van der Waals surface area contributed by atoms with E-state index in [2.05, 4.69) is 4.99 Å². The van der Waals surface area contributed by atoms with Gasteiger partial charge in [0.1, 0.15) is 11.8 Å². The van der Waals surface area contributed by atoms with Crippen LogP contribution in [0, 0.1) is 11.8 Å². The number of ether oxygens (including phenoxy) is 2. The average molecular weight is 317 g/mol. The summed E-state index contributed by atoms with van der Waals surface area (Å²) in [5.41, 5.74) is 0.613. The van der Waals surface area contributed by atoms with Crippen LogP contribution in [-0.4, -0.2) is 36.6 Å². The van der Waals surface area contributed by atoms with Gasteiger partial charge in [0.15, 0.2) is 5.78 Å². The predicted octanol–water partition coefficient (Wildman–Crippen LogP) is 2.09. The second-order valence-corrected chi connectivity index (χ2v) is 5.04. The third-order valence-corrected chi connectivity index (χ3v) is 3.52. The number of benzene rings is 1. The molecule has 1 aliphatic carbocycles. The summed E-state index contributed by atoms with van der Waals surface area (Å²) in [4.78, 5) is 40.8. The van der Waals surface area contributed by atoms with Crippen molar-refractivity contribution in [2.24, 2.45) is 16.8 Å². The maximum absolute atomic E-state index is 12.5. The van der Waals surface area contributed by atoms with Gasteiger partial charge < -0.3 is 9.47 Å². The van der Waals surface area contributed by atoms with Crippen LogP contribution < -0.4 is 0 Å². The minimum atomic E-state index is -0.994. The highest BCUT2D eigenvalue weighted by Crippen LogP contribution is 2.30.